The van der Waals surface area contributed by atoms with E-state index in [1.165, 1.54) is 4.42 Å². The van der Waals surface area contributed by atoms with Crippen molar-refractivity contribution in [3.05, 3.63) is 12.4 Å². The molecule has 0 aromatic carbocycles. The van der Waals surface area contributed by atoms with Crippen molar-refractivity contribution in [1.29, 1.82) is 0 Å². The molecule has 0 spiro atoms. The number of nitrogens with zero attached hydrogens (tertiary/aromatic N) is 2. The SMILES string of the molecule is CC(C)N1C=[C]N(Cl)C1. The molecular weight excluding hydrogens is 136 g/mol. The van der Waals surface area contributed by atoms with Crippen molar-refractivity contribution in [2.75, 3.05) is 6.67 Å². The van der Waals surface area contributed by atoms with Crippen LogP contribution < -0.4 is 0 Å². The Kier molecular flexibility index (Phi) is 1.86. The van der Waals surface area contributed by atoms with Gasteiger partial charge in [0.15, 0.2) is 0 Å². The lowest BCUT2D eigenvalue weighted by Gasteiger charge is -2.20. The second kappa shape index (κ2) is 2.48. The van der Waals surface area contributed by atoms with Gasteiger partial charge in [0.05, 0.1) is 6.20 Å². The van der Waals surface area contributed by atoms with Gasteiger partial charge >= 0.3 is 0 Å². The molecule has 0 unspecified atom stereocenters. The van der Waals surface area contributed by atoms with Gasteiger partial charge in [0, 0.05) is 24.0 Å². The molecule has 0 bridgehead atoms. The lowest BCUT2D eigenvalue weighted by molar-refractivity contribution is 0.286. The van der Waals surface area contributed by atoms with Crippen molar-refractivity contribution in [3.63, 3.8) is 0 Å². The molecule has 0 aromatic heterocycles. The van der Waals surface area contributed by atoms with E-state index in [0.717, 1.165) is 6.67 Å². The van der Waals surface area contributed by atoms with Gasteiger partial charge in [-0.15, -0.1) is 0 Å². The Morgan fingerprint density at radius 1 is 1.67 bits per heavy atom. The molecule has 0 atom stereocenters. The third-order valence-corrected chi connectivity index (χ3v) is 1.52. The lowest BCUT2D eigenvalue weighted by Crippen LogP contribution is -2.26. The van der Waals surface area contributed by atoms with Crippen molar-refractivity contribution in [2.24, 2.45) is 0 Å². The highest BCUT2D eigenvalue weighted by Crippen LogP contribution is 2.10. The van der Waals surface area contributed by atoms with Crippen molar-refractivity contribution >= 4 is 11.8 Å². The molecule has 1 radical (unpaired) electrons. The van der Waals surface area contributed by atoms with Crippen molar-refractivity contribution in [1.82, 2.24) is 9.32 Å². The third-order valence-electron chi connectivity index (χ3n) is 1.31. The summed E-state index contributed by atoms with van der Waals surface area (Å²) < 4.78 is 1.51. The minimum absolute atomic E-state index is 0.515. The Morgan fingerprint density at radius 2 is 2.33 bits per heavy atom. The van der Waals surface area contributed by atoms with Crippen molar-refractivity contribution in [2.45, 2.75) is 19.9 Å². The second-order valence-corrected chi connectivity index (χ2v) is 2.78. The fraction of sp³-hybridized carbons (Fsp3) is 0.667. The second-order valence-electron chi connectivity index (χ2n) is 2.37. The molecule has 1 aliphatic heterocycles. The topological polar surface area (TPSA) is 6.48 Å². The van der Waals surface area contributed by atoms with Crippen LogP contribution in [-0.2, 0) is 0 Å². The van der Waals surface area contributed by atoms with Gasteiger partial charge in [-0.25, -0.2) is 0 Å². The van der Waals surface area contributed by atoms with Crippen LogP contribution in [0.4, 0.5) is 0 Å². The first-order chi connectivity index (χ1) is 4.20. The van der Waals surface area contributed by atoms with Crippen LogP contribution in [0.3, 0.4) is 0 Å². The van der Waals surface area contributed by atoms with Crippen LogP contribution in [0.15, 0.2) is 6.20 Å². The Bertz CT molecular complexity index is 122. The Balaban J connectivity index is 2.41. The molecule has 1 rings (SSSR count). The zero-order chi connectivity index (χ0) is 6.85. The van der Waals surface area contributed by atoms with Gasteiger partial charge in [-0.05, 0) is 13.8 Å². The van der Waals surface area contributed by atoms with Gasteiger partial charge in [0.25, 0.3) is 0 Å². The van der Waals surface area contributed by atoms with Crippen LogP contribution in [0.2, 0.25) is 0 Å². The molecule has 0 saturated heterocycles. The predicted octanol–water partition coefficient (Wildman–Crippen LogP) is 1.40. The number of hydrogen-bond acceptors (Lipinski definition) is 2. The summed E-state index contributed by atoms with van der Waals surface area (Å²) in [4.78, 5) is 2.10. The van der Waals surface area contributed by atoms with E-state index in [1.807, 2.05) is 6.20 Å². The molecule has 0 aliphatic carbocycles. The van der Waals surface area contributed by atoms with E-state index >= 15 is 0 Å². The monoisotopic (exact) mass is 145 g/mol. The Labute approximate surface area is 60.8 Å². The number of halogens is 1. The van der Waals surface area contributed by atoms with Crippen molar-refractivity contribution < 1.29 is 0 Å². The normalized spacial score (nSPS) is 18.2. The smallest absolute Gasteiger partial charge is 0.106 e. The minimum Gasteiger partial charge on any atom is -0.354 e. The highest BCUT2D eigenvalue weighted by Gasteiger charge is 2.12. The zero-order valence-electron chi connectivity index (χ0n) is 5.63. The molecule has 0 saturated carbocycles. The van der Waals surface area contributed by atoms with E-state index in [-0.39, 0.29) is 0 Å². The Morgan fingerprint density at radius 3 is 2.56 bits per heavy atom. The maximum absolute atomic E-state index is 5.60. The van der Waals surface area contributed by atoms with Gasteiger partial charge in [0.1, 0.15) is 6.67 Å². The summed E-state index contributed by atoms with van der Waals surface area (Å²) in [5.74, 6) is 0. The van der Waals surface area contributed by atoms with E-state index in [4.69, 9.17) is 11.8 Å². The van der Waals surface area contributed by atoms with Gasteiger partial charge in [-0.1, -0.05) is 0 Å². The third kappa shape index (κ3) is 1.52. The molecule has 0 aromatic rings. The van der Waals surface area contributed by atoms with Crippen molar-refractivity contribution in [3.8, 4) is 0 Å². The Hall–Kier alpha value is -0.370. The maximum atomic E-state index is 5.60. The summed E-state index contributed by atoms with van der Waals surface area (Å²) in [5.41, 5.74) is 0. The number of hydrogen-bond donors (Lipinski definition) is 0. The standard InChI is InChI=1S/C6H10ClN2/c1-6(2)8-3-4-9(7)5-8/h3,6H,5H2,1-2H3. The molecular formula is C6H10ClN2. The molecule has 1 heterocycles. The predicted molar refractivity (Wildman–Crippen MR) is 37.3 cm³/mol. The first-order valence-electron chi connectivity index (χ1n) is 2.98. The molecule has 51 valence electrons. The highest BCUT2D eigenvalue weighted by atomic mass is 35.5. The molecule has 2 nitrogen and oxygen atoms in total. The van der Waals surface area contributed by atoms with Crippen LogP contribution >= 0.6 is 11.8 Å². The van der Waals surface area contributed by atoms with Crippen LogP contribution in [0.1, 0.15) is 13.8 Å². The fourth-order valence-electron chi connectivity index (χ4n) is 0.674. The van der Waals surface area contributed by atoms with E-state index in [0.29, 0.717) is 6.04 Å². The largest absolute Gasteiger partial charge is 0.354 e. The summed E-state index contributed by atoms with van der Waals surface area (Å²) in [6.07, 6.45) is 4.72. The van der Waals surface area contributed by atoms with Crippen LogP contribution in [0.5, 0.6) is 0 Å². The van der Waals surface area contributed by atoms with Crippen LogP contribution in [0, 0.1) is 6.20 Å². The maximum Gasteiger partial charge on any atom is 0.106 e. The van der Waals surface area contributed by atoms with E-state index < -0.39 is 0 Å². The average molecular weight is 146 g/mol. The molecule has 0 amide bonds. The first-order valence-corrected chi connectivity index (χ1v) is 3.32. The van der Waals surface area contributed by atoms with Crippen LogP contribution in [0.25, 0.3) is 0 Å². The summed E-state index contributed by atoms with van der Waals surface area (Å²) in [6.45, 7) is 4.99. The van der Waals surface area contributed by atoms with E-state index in [1.54, 1.807) is 0 Å². The number of rotatable bonds is 1. The summed E-state index contributed by atoms with van der Waals surface area (Å²) in [6, 6.07) is 0.515. The van der Waals surface area contributed by atoms with Gasteiger partial charge in [0.2, 0.25) is 0 Å². The van der Waals surface area contributed by atoms with Gasteiger partial charge < -0.3 is 4.90 Å². The van der Waals surface area contributed by atoms with Gasteiger partial charge in [-0.2, -0.15) is 0 Å². The van der Waals surface area contributed by atoms with E-state index in [9.17, 15) is 0 Å². The summed E-state index contributed by atoms with van der Waals surface area (Å²) >= 11 is 5.60. The van der Waals surface area contributed by atoms with Crippen LogP contribution in [-0.4, -0.2) is 22.0 Å². The lowest BCUT2D eigenvalue weighted by atomic mass is 10.4. The summed E-state index contributed by atoms with van der Waals surface area (Å²) in [7, 11) is 0. The minimum atomic E-state index is 0.515. The molecule has 1 aliphatic rings. The molecule has 0 N–H and O–H groups in total. The average Bonchev–Trinajstić information content (AvgIpc) is 2.14. The molecule has 9 heavy (non-hydrogen) atoms. The highest BCUT2D eigenvalue weighted by molar-refractivity contribution is 6.13. The van der Waals surface area contributed by atoms with E-state index in [2.05, 4.69) is 24.9 Å². The zero-order valence-corrected chi connectivity index (χ0v) is 6.39. The summed E-state index contributed by atoms with van der Waals surface area (Å²) in [5, 5.41) is 0. The fourth-order valence-corrected chi connectivity index (χ4v) is 0.841. The molecule has 0 fully saturated rings. The first kappa shape index (κ1) is 6.75. The molecule has 3 heteroatoms. The van der Waals surface area contributed by atoms with Gasteiger partial charge in [-0.3, -0.25) is 4.42 Å². The quantitative estimate of drug-likeness (QED) is 0.515.